The van der Waals surface area contributed by atoms with Crippen LogP contribution < -0.4 is 10.1 Å². The largest absolute Gasteiger partial charge is 0.495 e. The summed E-state index contributed by atoms with van der Waals surface area (Å²) in [5, 5.41) is 3.79. The van der Waals surface area contributed by atoms with Crippen LogP contribution in [-0.4, -0.2) is 14.2 Å². The van der Waals surface area contributed by atoms with Crippen molar-refractivity contribution in [1.29, 1.82) is 0 Å². The molecule has 0 atom stereocenters. The van der Waals surface area contributed by atoms with Crippen molar-refractivity contribution in [1.82, 2.24) is 5.32 Å². The van der Waals surface area contributed by atoms with Gasteiger partial charge in [-0.05, 0) is 48.4 Å². The van der Waals surface area contributed by atoms with E-state index in [0.717, 1.165) is 12.1 Å². The number of nitrogens with one attached hydrogen (secondary N) is 1. The quantitative estimate of drug-likeness (QED) is 0.909. The van der Waals surface area contributed by atoms with Crippen LogP contribution >= 0.6 is 11.6 Å². The number of methoxy groups -OCH3 is 1. The third-order valence-electron chi connectivity index (χ3n) is 3.13. The Kier molecular flexibility index (Phi) is 4.46. The molecule has 0 fully saturated rings. The van der Waals surface area contributed by atoms with Crippen LogP contribution in [0.2, 0.25) is 5.02 Å². The molecule has 100 valence electrons. The Labute approximate surface area is 119 Å². The first kappa shape index (κ1) is 13.9. The summed E-state index contributed by atoms with van der Waals surface area (Å²) < 4.78 is 5.27. The lowest BCUT2D eigenvalue weighted by Crippen LogP contribution is -2.05. The highest BCUT2D eigenvalue weighted by Crippen LogP contribution is 2.32. The molecule has 2 aromatic carbocycles. The van der Waals surface area contributed by atoms with Gasteiger partial charge in [0, 0.05) is 6.54 Å². The van der Waals surface area contributed by atoms with Crippen LogP contribution in [0.15, 0.2) is 36.4 Å². The van der Waals surface area contributed by atoms with E-state index >= 15 is 0 Å². The first-order valence-corrected chi connectivity index (χ1v) is 6.61. The monoisotopic (exact) mass is 275 g/mol. The molecule has 0 aromatic heterocycles. The number of hydrogen-bond donors (Lipinski definition) is 1. The van der Waals surface area contributed by atoms with Gasteiger partial charge in [0.1, 0.15) is 5.75 Å². The van der Waals surface area contributed by atoms with E-state index < -0.39 is 0 Å². The van der Waals surface area contributed by atoms with Gasteiger partial charge in [-0.2, -0.15) is 0 Å². The third-order valence-corrected chi connectivity index (χ3v) is 3.45. The smallest absolute Gasteiger partial charge is 0.138 e. The lowest BCUT2D eigenvalue weighted by molar-refractivity contribution is 0.415. The van der Waals surface area contributed by atoms with E-state index in [9.17, 15) is 0 Å². The van der Waals surface area contributed by atoms with Crippen LogP contribution in [0.3, 0.4) is 0 Å². The Morgan fingerprint density at radius 3 is 2.58 bits per heavy atom. The Morgan fingerprint density at radius 1 is 1.16 bits per heavy atom. The van der Waals surface area contributed by atoms with Crippen molar-refractivity contribution < 1.29 is 4.74 Å². The maximum absolute atomic E-state index is 6.06. The Morgan fingerprint density at radius 2 is 1.95 bits per heavy atom. The minimum atomic E-state index is 0.635. The predicted molar refractivity (Wildman–Crippen MR) is 80.9 cm³/mol. The van der Waals surface area contributed by atoms with E-state index in [2.05, 4.69) is 30.4 Å². The molecule has 1 N–H and O–H groups in total. The van der Waals surface area contributed by atoms with Crippen LogP contribution in [-0.2, 0) is 6.54 Å². The lowest BCUT2D eigenvalue weighted by Gasteiger charge is -2.11. The highest BCUT2D eigenvalue weighted by atomic mass is 35.5. The van der Waals surface area contributed by atoms with Crippen molar-refractivity contribution in [3.63, 3.8) is 0 Å². The first-order chi connectivity index (χ1) is 9.15. The number of hydrogen-bond acceptors (Lipinski definition) is 2. The second-order valence-electron chi connectivity index (χ2n) is 4.53. The number of rotatable bonds is 4. The molecule has 0 saturated carbocycles. The van der Waals surface area contributed by atoms with Gasteiger partial charge in [0.2, 0.25) is 0 Å². The molecule has 2 aromatic rings. The van der Waals surface area contributed by atoms with Gasteiger partial charge >= 0.3 is 0 Å². The van der Waals surface area contributed by atoms with Gasteiger partial charge in [-0.3, -0.25) is 0 Å². The molecule has 3 heteroatoms. The fraction of sp³-hybridized carbons (Fsp3) is 0.250. The van der Waals surface area contributed by atoms with Crippen molar-refractivity contribution in [2.75, 3.05) is 14.2 Å². The molecule has 2 rings (SSSR count). The maximum atomic E-state index is 6.06. The minimum absolute atomic E-state index is 0.635. The zero-order valence-electron chi connectivity index (χ0n) is 11.5. The van der Waals surface area contributed by atoms with Crippen LogP contribution in [0.25, 0.3) is 11.1 Å². The normalized spacial score (nSPS) is 10.5. The van der Waals surface area contributed by atoms with Crippen molar-refractivity contribution in [3.8, 4) is 16.9 Å². The lowest BCUT2D eigenvalue weighted by atomic mass is 9.98. The summed E-state index contributed by atoms with van der Waals surface area (Å²) in [7, 11) is 3.58. The summed E-state index contributed by atoms with van der Waals surface area (Å²) in [6.07, 6.45) is 0. The van der Waals surface area contributed by atoms with Gasteiger partial charge in [-0.15, -0.1) is 0 Å². The summed E-state index contributed by atoms with van der Waals surface area (Å²) in [5.74, 6) is 0.706. The van der Waals surface area contributed by atoms with Crippen molar-refractivity contribution in [2.24, 2.45) is 0 Å². The van der Waals surface area contributed by atoms with E-state index in [1.165, 1.54) is 16.7 Å². The van der Waals surface area contributed by atoms with E-state index in [1.807, 2.05) is 25.2 Å². The molecule has 0 bridgehead atoms. The highest BCUT2D eigenvalue weighted by molar-refractivity contribution is 6.32. The Balaban J connectivity index is 2.41. The molecule has 0 aliphatic rings. The van der Waals surface area contributed by atoms with Crippen molar-refractivity contribution in [3.05, 3.63) is 52.5 Å². The van der Waals surface area contributed by atoms with Gasteiger partial charge in [-0.25, -0.2) is 0 Å². The molecule has 0 spiro atoms. The van der Waals surface area contributed by atoms with E-state index in [-0.39, 0.29) is 0 Å². The summed E-state index contributed by atoms with van der Waals surface area (Å²) in [6.45, 7) is 3.00. The van der Waals surface area contributed by atoms with Crippen LogP contribution in [0.4, 0.5) is 0 Å². The molecule has 0 unspecified atom stereocenters. The van der Waals surface area contributed by atoms with Gasteiger partial charge in [0.25, 0.3) is 0 Å². The van der Waals surface area contributed by atoms with E-state index in [4.69, 9.17) is 16.3 Å². The fourth-order valence-corrected chi connectivity index (χ4v) is 2.39. The van der Waals surface area contributed by atoms with Crippen LogP contribution in [0.1, 0.15) is 11.1 Å². The number of benzene rings is 2. The fourth-order valence-electron chi connectivity index (χ4n) is 2.19. The predicted octanol–water partition coefficient (Wildman–Crippen LogP) is 4.04. The average molecular weight is 276 g/mol. The SMILES string of the molecule is CNCc1ccc(-c2ccc(Cl)c(OC)c2)c(C)c1. The average Bonchev–Trinajstić information content (AvgIpc) is 2.40. The van der Waals surface area contributed by atoms with Gasteiger partial charge in [0.15, 0.2) is 0 Å². The van der Waals surface area contributed by atoms with Gasteiger partial charge in [0.05, 0.1) is 12.1 Å². The Bertz CT molecular complexity index is 581. The maximum Gasteiger partial charge on any atom is 0.138 e. The van der Waals surface area contributed by atoms with E-state index in [1.54, 1.807) is 7.11 Å². The van der Waals surface area contributed by atoms with Gasteiger partial charge in [-0.1, -0.05) is 35.9 Å². The molecule has 19 heavy (non-hydrogen) atoms. The Hall–Kier alpha value is -1.51. The van der Waals surface area contributed by atoms with Crippen molar-refractivity contribution in [2.45, 2.75) is 13.5 Å². The van der Waals surface area contributed by atoms with Gasteiger partial charge < -0.3 is 10.1 Å². The molecule has 2 nitrogen and oxygen atoms in total. The second kappa shape index (κ2) is 6.09. The highest BCUT2D eigenvalue weighted by Gasteiger charge is 2.07. The molecule has 0 saturated heterocycles. The zero-order valence-corrected chi connectivity index (χ0v) is 12.2. The summed E-state index contributed by atoms with van der Waals surface area (Å²) in [5.41, 5.74) is 4.85. The topological polar surface area (TPSA) is 21.3 Å². The number of ether oxygens (including phenoxy) is 1. The molecular weight excluding hydrogens is 258 g/mol. The molecule has 0 aliphatic carbocycles. The van der Waals surface area contributed by atoms with Crippen molar-refractivity contribution >= 4 is 11.6 Å². The molecule has 0 amide bonds. The minimum Gasteiger partial charge on any atom is -0.495 e. The van der Waals surface area contributed by atoms with Crippen LogP contribution in [0.5, 0.6) is 5.75 Å². The second-order valence-corrected chi connectivity index (χ2v) is 4.94. The molecular formula is C16H18ClNO. The van der Waals surface area contributed by atoms with E-state index in [0.29, 0.717) is 10.8 Å². The number of aryl methyl sites for hydroxylation is 1. The first-order valence-electron chi connectivity index (χ1n) is 6.23. The number of halogens is 1. The van der Waals surface area contributed by atoms with Crippen LogP contribution in [0, 0.1) is 6.92 Å². The molecule has 0 heterocycles. The summed E-state index contributed by atoms with van der Waals surface area (Å²) in [6, 6.07) is 12.3. The summed E-state index contributed by atoms with van der Waals surface area (Å²) >= 11 is 6.06. The standard InChI is InChI=1S/C16H18ClNO/c1-11-8-12(10-18-2)4-6-14(11)13-5-7-15(17)16(9-13)19-3/h4-9,18H,10H2,1-3H3. The zero-order chi connectivity index (χ0) is 13.8. The summed E-state index contributed by atoms with van der Waals surface area (Å²) in [4.78, 5) is 0. The third kappa shape index (κ3) is 3.09. The molecule has 0 radical (unpaired) electrons. The molecule has 0 aliphatic heterocycles.